The van der Waals surface area contributed by atoms with Crippen LogP contribution in [0.1, 0.15) is 38.0 Å². The van der Waals surface area contributed by atoms with Crippen molar-refractivity contribution in [1.29, 1.82) is 0 Å². The molecule has 1 heterocycles. The Morgan fingerprint density at radius 3 is 2.52 bits per heavy atom. The Morgan fingerprint density at radius 2 is 1.96 bits per heavy atom. The van der Waals surface area contributed by atoms with Crippen molar-refractivity contribution in [2.24, 2.45) is 0 Å². The average molecular weight is 394 g/mol. The van der Waals surface area contributed by atoms with Crippen LogP contribution in [0.15, 0.2) is 52.0 Å². The number of hydrogen-bond acceptors (Lipinski definition) is 5. The molecule has 0 bridgehead atoms. The van der Waals surface area contributed by atoms with E-state index >= 15 is 0 Å². The third-order valence-electron chi connectivity index (χ3n) is 4.21. The minimum absolute atomic E-state index is 0.0247. The number of sulfonamides is 1. The summed E-state index contributed by atoms with van der Waals surface area (Å²) in [6, 6.07) is 8.57. The summed E-state index contributed by atoms with van der Waals surface area (Å²) in [6.45, 7) is 2.68. The third kappa shape index (κ3) is 5.83. The number of carbonyl (C=O) groups is 1. The van der Waals surface area contributed by atoms with Crippen molar-refractivity contribution in [2.75, 3.05) is 20.7 Å². The van der Waals surface area contributed by atoms with Crippen molar-refractivity contribution >= 4 is 15.9 Å². The zero-order valence-corrected chi connectivity index (χ0v) is 16.7. The van der Waals surface area contributed by atoms with Gasteiger partial charge in [0.25, 0.3) is 0 Å². The molecule has 0 aliphatic rings. The predicted molar refractivity (Wildman–Crippen MR) is 102 cm³/mol. The molecule has 0 saturated carbocycles. The van der Waals surface area contributed by atoms with Crippen molar-refractivity contribution in [1.82, 2.24) is 9.62 Å². The van der Waals surface area contributed by atoms with Gasteiger partial charge in [0.05, 0.1) is 30.7 Å². The number of hydrogen-bond donors (Lipinski definition) is 1. The Bertz CT molecular complexity index is 816. The van der Waals surface area contributed by atoms with Crippen LogP contribution < -0.4 is 9.46 Å². The van der Waals surface area contributed by atoms with Gasteiger partial charge in [0.2, 0.25) is 15.9 Å². The molecule has 0 radical (unpaired) electrons. The number of rotatable bonds is 10. The normalized spacial score (nSPS) is 12.6. The minimum Gasteiger partial charge on any atom is -0.497 e. The SMILES string of the molecule is CCCCN(C)C(=O)C[C@H](NS(=O)(=O)c1ccc(OC)cc1)c1ccco1. The lowest BCUT2D eigenvalue weighted by atomic mass is 10.1. The third-order valence-corrected chi connectivity index (χ3v) is 5.69. The zero-order chi connectivity index (χ0) is 19.9. The van der Waals surface area contributed by atoms with E-state index < -0.39 is 16.1 Å². The fourth-order valence-electron chi connectivity index (χ4n) is 2.55. The number of carbonyl (C=O) groups excluding carboxylic acids is 1. The van der Waals surface area contributed by atoms with Crippen LogP contribution in [0.2, 0.25) is 0 Å². The molecular formula is C19H26N2O5S. The lowest BCUT2D eigenvalue weighted by Gasteiger charge is -2.21. The van der Waals surface area contributed by atoms with Crippen LogP contribution in [0.3, 0.4) is 0 Å². The smallest absolute Gasteiger partial charge is 0.241 e. The average Bonchev–Trinajstić information content (AvgIpc) is 3.20. The second kappa shape index (κ2) is 9.57. The first-order valence-corrected chi connectivity index (χ1v) is 10.3. The Kier molecular flexibility index (Phi) is 7.44. The summed E-state index contributed by atoms with van der Waals surface area (Å²) in [5.74, 6) is 0.802. The van der Waals surface area contributed by atoms with E-state index in [2.05, 4.69) is 4.72 Å². The summed E-state index contributed by atoms with van der Waals surface area (Å²) in [6.07, 6.45) is 3.30. The molecule has 0 spiro atoms. The maximum absolute atomic E-state index is 12.7. The van der Waals surface area contributed by atoms with Gasteiger partial charge in [-0.3, -0.25) is 4.79 Å². The Balaban J connectivity index is 2.18. The van der Waals surface area contributed by atoms with E-state index in [0.29, 0.717) is 18.1 Å². The molecule has 1 atom stereocenters. The largest absolute Gasteiger partial charge is 0.497 e. The van der Waals surface area contributed by atoms with Crippen molar-refractivity contribution < 1.29 is 22.4 Å². The molecule has 8 heteroatoms. The van der Waals surface area contributed by atoms with E-state index in [1.54, 1.807) is 36.2 Å². The van der Waals surface area contributed by atoms with Crippen LogP contribution in [0.4, 0.5) is 0 Å². The van der Waals surface area contributed by atoms with E-state index in [4.69, 9.17) is 9.15 Å². The molecule has 1 aromatic heterocycles. The molecular weight excluding hydrogens is 368 g/mol. The van der Waals surface area contributed by atoms with Crippen LogP contribution in [-0.4, -0.2) is 39.9 Å². The number of benzene rings is 1. The van der Waals surface area contributed by atoms with Gasteiger partial charge in [-0.1, -0.05) is 13.3 Å². The van der Waals surface area contributed by atoms with Gasteiger partial charge < -0.3 is 14.1 Å². The van der Waals surface area contributed by atoms with Crippen molar-refractivity contribution in [3.8, 4) is 5.75 Å². The number of ether oxygens (including phenoxy) is 1. The number of methoxy groups -OCH3 is 1. The molecule has 0 unspecified atom stereocenters. The van der Waals surface area contributed by atoms with Crippen LogP contribution in [0.5, 0.6) is 5.75 Å². The molecule has 27 heavy (non-hydrogen) atoms. The van der Waals surface area contributed by atoms with Gasteiger partial charge in [-0.05, 0) is 42.8 Å². The van der Waals surface area contributed by atoms with Crippen molar-refractivity contribution in [3.63, 3.8) is 0 Å². The maximum atomic E-state index is 12.7. The quantitative estimate of drug-likeness (QED) is 0.669. The zero-order valence-electron chi connectivity index (χ0n) is 15.8. The Morgan fingerprint density at radius 1 is 1.26 bits per heavy atom. The Labute approximate surface area is 160 Å². The summed E-state index contributed by atoms with van der Waals surface area (Å²) in [4.78, 5) is 14.2. The molecule has 1 amide bonds. The van der Waals surface area contributed by atoms with Gasteiger partial charge in [0, 0.05) is 13.6 Å². The van der Waals surface area contributed by atoms with Gasteiger partial charge >= 0.3 is 0 Å². The molecule has 0 aliphatic heterocycles. The molecule has 2 aromatic rings. The number of unbranched alkanes of at least 4 members (excludes halogenated alkanes) is 1. The van der Waals surface area contributed by atoms with Gasteiger partial charge in [0.15, 0.2) is 0 Å². The highest BCUT2D eigenvalue weighted by Crippen LogP contribution is 2.23. The summed E-state index contributed by atoms with van der Waals surface area (Å²) in [5.41, 5.74) is 0. The van der Waals surface area contributed by atoms with Crippen LogP contribution >= 0.6 is 0 Å². The molecule has 7 nitrogen and oxygen atoms in total. The van der Waals surface area contributed by atoms with E-state index in [0.717, 1.165) is 12.8 Å². The highest BCUT2D eigenvalue weighted by Gasteiger charge is 2.26. The fourth-order valence-corrected chi connectivity index (χ4v) is 3.76. The monoisotopic (exact) mass is 394 g/mol. The van der Waals surface area contributed by atoms with Crippen molar-refractivity contribution in [2.45, 2.75) is 37.1 Å². The summed E-state index contributed by atoms with van der Waals surface area (Å²) in [5, 5.41) is 0. The standard InChI is InChI=1S/C19H26N2O5S/c1-4-5-12-21(2)19(22)14-17(18-7-6-13-26-18)20-27(23,24)16-10-8-15(25-3)9-11-16/h6-11,13,17,20H,4-5,12,14H2,1-3H3/t17-/m0/s1. The van der Waals surface area contributed by atoms with Gasteiger partial charge in [-0.25, -0.2) is 8.42 Å². The lowest BCUT2D eigenvalue weighted by Crippen LogP contribution is -2.35. The highest BCUT2D eigenvalue weighted by molar-refractivity contribution is 7.89. The van der Waals surface area contributed by atoms with Crippen molar-refractivity contribution in [3.05, 3.63) is 48.4 Å². The summed E-state index contributed by atoms with van der Waals surface area (Å²) in [7, 11) is -0.608. The van der Waals surface area contributed by atoms with Gasteiger partial charge in [0.1, 0.15) is 11.5 Å². The number of amides is 1. The molecule has 2 rings (SSSR count). The Hall–Kier alpha value is -2.32. The number of nitrogens with zero attached hydrogens (tertiary/aromatic N) is 1. The van der Waals surface area contributed by atoms with Crippen LogP contribution in [0, 0.1) is 0 Å². The van der Waals surface area contributed by atoms with E-state index in [1.807, 2.05) is 6.92 Å². The molecule has 1 aromatic carbocycles. The molecule has 0 saturated heterocycles. The first-order chi connectivity index (χ1) is 12.9. The van der Waals surface area contributed by atoms with E-state index in [9.17, 15) is 13.2 Å². The predicted octanol–water partition coefficient (Wildman–Crippen LogP) is 2.96. The van der Waals surface area contributed by atoms with Crippen LogP contribution in [-0.2, 0) is 14.8 Å². The lowest BCUT2D eigenvalue weighted by molar-refractivity contribution is -0.130. The van der Waals surface area contributed by atoms with E-state index in [-0.39, 0.29) is 17.2 Å². The molecule has 0 fully saturated rings. The van der Waals surface area contributed by atoms with Gasteiger partial charge in [-0.15, -0.1) is 0 Å². The molecule has 0 aliphatic carbocycles. The summed E-state index contributed by atoms with van der Waals surface area (Å²) < 4.78 is 38.5. The number of nitrogens with one attached hydrogen (secondary N) is 1. The van der Waals surface area contributed by atoms with E-state index in [1.165, 1.54) is 25.5 Å². The number of furan rings is 1. The van der Waals surface area contributed by atoms with Gasteiger partial charge in [-0.2, -0.15) is 4.72 Å². The molecule has 1 N–H and O–H groups in total. The fraction of sp³-hybridized carbons (Fsp3) is 0.421. The maximum Gasteiger partial charge on any atom is 0.241 e. The first kappa shape index (κ1) is 21.0. The highest BCUT2D eigenvalue weighted by atomic mass is 32.2. The first-order valence-electron chi connectivity index (χ1n) is 8.81. The summed E-state index contributed by atoms with van der Waals surface area (Å²) >= 11 is 0. The topological polar surface area (TPSA) is 88.9 Å². The second-order valence-corrected chi connectivity index (χ2v) is 7.95. The second-order valence-electron chi connectivity index (χ2n) is 6.24. The van der Waals surface area contributed by atoms with Crippen LogP contribution in [0.25, 0.3) is 0 Å². The minimum atomic E-state index is -3.84. The molecule has 148 valence electrons.